The topological polar surface area (TPSA) is 71.2 Å². The highest BCUT2D eigenvalue weighted by Gasteiger charge is 2.31. The van der Waals surface area contributed by atoms with E-state index in [2.05, 4.69) is 15.5 Å². The lowest BCUT2D eigenvalue weighted by Crippen LogP contribution is -2.47. The van der Waals surface area contributed by atoms with Crippen molar-refractivity contribution in [3.8, 4) is 0 Å². The Morgan fingerprint density at radius 3 is 3.07 bits per heavy atom. The minimum Gasteiger partial charge on any atom is -0.388 e. The Balaban J connectivity index is 2.00. The average molecular weight is 211 g/mol. The molecule has 0 radical (unpaired) electrons. The summed E-state index contributed by atoms with van der Waals surface area (Å²) < 4.78 is 5.07. The average Bonchev–Trinajstić information content (AvgIpc) is 2.66. The summed E-state index contributed by atoms with van der Waals surface area (Å²) in [5.41, 5.74) is -0.713. The van der Waals surface area contributed by atoms with E-state index < -0.39 is 5.60 Å². The molecule has 1 aromatic heterocycles. The lowest BCUT2D eigenvalue weighted by atomic mass is 9.91. The van der Waals surface area contributed by atoms with Gasteiger partial charge in [-0.25, -0.2) is 0 Å². The molecule has 0 spiro atoms. The number of piperidine rings is 1. The largest absolute Gasteiger partial charge is 0.388 e. The monoisotopic (exact) mass is 211 g/mol. The highest BCUT2D eigenvalue weighted by atomic mass is 16.5. The van der Waals surface area contributed by atoms with Gasteiger partial charge in [0.05, 0.1) is 12.0 Å². The van der Waals surface area contributed by atoms with E-state index in [-0.39, 0.29) is 0 Å². The predicted octanol–water partition coefficient (Wildman–Crippen LogP) is 0.289. The molecule has 1 fully saturated rings. The molecular formula is C10H17N3O2. The number of hydrogen-bond acceptors (Lipinski definition) is 5. The van der Waals surface area contributed by atoms with E-state index in [0.29, 0.717) is 24.7 Å². The number of aryl methyl sites for hydroxylation is 1. The third-order valence-electron chi connectivity index (χ3n) is 2.76. The molecule has 0 bridgehead atoms. The molecule has 2 heterocycles. The van der Waals surface area contributed by atoms with Crippen LogP contribution in [0.1, 0.15) is 31.5 Å². The maximum absolute atomic E-state index is 10.2. The second-order valence-corrected chi connectivity index (χ2v) is 4.14. The molecule has 2 rings (SSSR count). The van der Waals surface area contributed by atoms with Gasteiger partial charge in [-0.05, 0) is 19.4 Å². The first kappa shape index (κ1) is 10.6. The first-order valence-corrected chi connectivity index (χ1v) is 5.46. The van der Waals surface area contributed by atoms with Crippen LogP contribution < -0.4 is 5.32 Å². The van der Waals surface area contributed by atoms with Crippen molar-refractivity contribution in [2.24, 2.45) is 0 Å². The van der Waals surface area contributed by atoms with Crippen molar-refractivity contribution in [2.45, 2.75) is 38.2 Å². The number of aromatic nitrogens is 2. The minimum atomic E-state index is -0.713. The molecule has 1 aromatic rings. The van der Waals surface area contributed by atoms with E-state index in [1.807, 2.05) is 6.92 Å². The molecule has 5 nitrogen and oxygen atoms in total. The van der Waals surface area contributed by atoms with Crippen LogP contribution in [0.2, 0.25) is 0 Å². The molecule has 1 aliphatic rings. The summed E-state index contributed by atoms with van der Waals surface area (Å²) in [5, 5.41) is 17.2. The molecule has 84 valence electrons. The third kappa shape index (κ3) is 2.54. The molecule has 15 heavy (non-hydrogen) atoms. The first-order valence-electron chi connectivity index (χ1n) is 5.46. The van der Waals surface area contributed by atoms with Crippen molar-refractivity contribution in [2.75, 3.05) is 13.1 Å². The number of β-amino-alcohol motifs (C(OH)–C–C–N with tert-alkyl or cyclic N) is 1. The van der Waals surface area contributed by atoms with E-state index >= 15 is 0 Å². The highest BCUT2D eigenvalue weighted by Crippen LogP contribution is 2.20. The van der Waals surface area contributed by atoms with E-state index in [1.54, 1.807) is 0 Å². The van der Waals surface area contributed by atoms with Crippen LogP contribution in [-0.4, -0.2) is 33.9 Å². The Morgan fingerprint density at radius 2 is 2.47 bits per heavy atom. The van der Waals surface area contributed by atoms with Crippen molar-refractivity contribution >= 4 is 0 Å². The zero-order chi connectivity index (χ0) is 10.7. The van der Waals surface area contributed by atoms with Crippen LogP contribution in [0.3, 0.4) is 0 Å². The van der Waals surface area contributed by atoms with Crippen LogP contribution in [0, 0.1) is 0 Å². The van der Waals surface area contributed by atoms with Crippen LogP contribution in [-0.2, 0) is 12.8 Å². The fourth-order valence-corrected chi connectivity index (χ4v) is 1.89. The van der Waals surface area contributed by atoms with E-state index in [4.69, 9.17) is 4.52 Å². The van der Waals surface area contributed by atoms with Crippen molar-refractivity contribution in [1.82, 2.24) is 15.5 Å². The molecule has 5 heteroatoms. The van der Waals surface area contributed by atoms with Crippen LogP contribution in [0.5, 0.6) is 0 Å². The van der Waals surface area contributed by atoms with Crippen LogP contribution in [0.4, 0.5) is 0 Å². The Hall–Kier alpha value is -0.940. The van der Waals surface area contributed by atoms with Crippen LogP contribution in [0.25, 0.3) is 0 Å². The van der Waals surface area contributed by atoms with Gasteiger partial charge >= 0.3 is 0 Å². The third-order valence-corrected chi connectivity index (χ3v) is 2.76. The summed E-state index contributed by atoms with van der Waals surface area (Å²) in [5.74, 6) is 1.25. The lowest BCUT2D eigenvalue weighted by Gasteiger charge is -2.31. The van der Waals surface area contributed by atoms with Gasteiger partial charge in [0.25, 0.3) is 0 Å². The molecule has 0 amide bonds. The summed E-state index contributed by atoms with van der Waals surface area (Å²) >= 11 is 0. The number of rotatable bonds is 3. The molecular weight excluding hydrogens is 194 g/mol. The Morgan fingerprint density at radius 1 is 1.60 bits per heavy atom. The van der Waals surface area contributed by atoms with Gasteiger partial charge in [-0.1, -0.05) is 12.1 Å². The minimum absolute atomic E-state index is 0.451. The zero-order valence-corrected chi connectivity index (χ0v) is 8.99. The maximum atomic E-state index is 10.2. The summed E-state index contributed by atoms with van der Waals surface area (Å²) in [6.45, 7) is 3.56. The summed E-state index contributed by atoms with van der Waals surface area (Å²) in [6.07, 6.45) is 3.00. The SMILES string of the molecule is CCc1noc(CC2(O)CCCNC2)n1. The van der Waals surface area contributed by atoms with Crippen molar-refractivity contribution < 1.29 is 9.63 Å². The Labute approximate surface area is 88.9 Å². The normalized spacial score (nSPS) is 26.8. The quantitative estimate of drug-likeness (QED) is 0.752. The second-order valence-electron chi connectivity index (χ2n) is 4.14. The van der Waals surface area contributed by atoms with Crippen LogP contribution in [0.15, 0.2) is 4.52 Å². The van der Waals surface area contributed by atoms with Crippen molar-refractivity contribution in [3.05, 3.63) is 11.7 Å². The number of nitrogens with zero attached hydrogens (tertiary/aromatic N) is 2. The van der Waals surface area contributed by atoms with Gasteiger partial charge in [0.15, 0.2) is 5.82 Å². The first-order chi connectivity index (χ1) is 7.22. The summed E-state index contributed by atoms with van der Waals surface area (Å²) in [4.78, 5) is 4.20. The molecule has 0 saturated carbocycles. The van der Waals surface area contributed by atoms with Gasteiger partial charge < -0.3 is 14.9 Å². The molecule has 0 aliphatic carbocycles. The van der Waals surface area contributed by atoms with E-state index in [1.165, 1.54) is 0 Å². The second kappa shape index (κ2) is 4.28. The fraction of sp³-hybridized carbons (Fsp3) is 0.800. The molecule has 2 N–H and O–H groups in total. The zero-order valence-electron chi connectivity index (χ0n) is 8.99. The number of nitrogens with one attached hydrogen (secondary N) is 1. The van der Waals surface area contributed by atoms with Gasteiger partial charge in [0.2, 0.25) is 5.89 Å². The molecule has 1 saturated heterocycles. The van der Waals surface area contributed by atoms with Gasteiger partial charge in [-0.3, -0.25) is 0 Å². The number of aliphatic hydroxyl groups is 1. The molecule has 1 atom stereocenters. The van der Waals surface area contributed by atoms with E-state index in [9.17, 15) is 5.11 Å². The van der Waals surface area contributed by atoms with Gasteiger partial charge in [0, 0.05) is 13.0 Å². The van der Waals surface area contributed by atoms with Crippen molar-refractivity contribution in [3.63, 3.8) is 0 Å². The van der Waals surface area contributed by atoms with Gasteiger partial charge in [-0.15, -0.1) is 0 Å². The summed E-state index contributed by atoms with van der Waals surface area (Å²) in [6, 6.07) is 0. The summed E-state index contributed by atoms with van der Waals surface area (Å²) in [7, 11) is 0. The molecule has 0 aromatic carbocycles. The van der Waals surface area contributed by atoms with Crippen molar-refractivity contribution in [1.29, 1.82) is 0 Å². The lowest BCUT2D eigenvalue weighted by molar-refractivity contribution is 0.0103. The molecule has 1 aliphatic heterocycles. The van der Waals surface area contributed by atoms with Crippen LogP contribution >= 0.6 is 0 Å². The van der Waals surface area contributed by atoms with E-state index in [0.717, 1.165) is 25.8 Å². The van der Waals surface area contributed by atoms with Gasteiger partial charge in [0.1, 0.15) is 0 Å². The molecule has 1 unspecified atom stereocenters. The Bertz CT molecular complexity index is 318. The standard InChI is InChI=1S/C10H17N3O2/c1-2-8-12-9(15-13-8)6-10(14)4-3-5-11-7-10/h11,14H,2-7H2,1H3. The Kier molecular flexibility index (Phi) is 3.02. The predicted molar refractivity (Wildman–Crippen MR) is 54.4 cm³/mol. The fourth-order valence-electron chi connectivity index (χ4n) is 1.89. The van der Waals surface area contributed by atoms with Gasteiger partial charge in [-0.2, -0.15) is 4.98 Å². The highest BCUT2D eigenvalue weighted by molar-refractivity contribution is 4.96. The smallest absolute Gasteiger partial charge is 0.229 e. The number of hydrogen-bond donors (Lipinski definition) is 2. The maximum Gasteiger partial charge on any atom is 0.229 e.